The van der Waals surface area contributed by atoms with Crippen LogP contribution in [0.4, 0.5) is 11.4 Å². The molecule has 0 atom stereocenters. The molecule has 0 radical (unpaired) electrons. The minimum Gasteiger partial charge on any atom is -0.392 e. The molecule has 1 saturated heterocycles. The van der Waals surface area contributed by atoms with Gasteiger partial charge in [-0.15, -0.1) is 0 Å². The molecule has 7 nitrogen and oxygen atoms in total. The van der Waals surface area contributed by atoms with Crippen molar-refractivity contribution in [3.05, 3.63) is 33.9 Å². The van der Waals surface area contributed by atoms with Crippen LogP contribution >= 0.6 is 0 Å². The predicted molar refractivity (Wildman–Crippen MR) is 84.0 cm³/mol. The fourth-order valence-electron chi connectivity index (χ4n) is 2.70. The number of benzene rings is 1. The van der Waals surface area contributed by atoms with Crippen molar-refractivity contribution in [2.24, 2.45) is 0 Å². The van der Waals surface area contributed by atoms with E-state index in [0.29, 0.717) is 23.9 Å². The van der Waals surface area contributed by atoms with Crippen LogP contribution in [0, 0.1) is 10.1 Å². The number of rotatable bonds is 7. The number of nitro benzene ring substituents is 1. The number of aliphatic hydroxyl groups is 1. The second-order valence-corrected chi connectivity index (χ2v) is 5.47. The molecule has 122 valence electrons. The lowest BCUT2D eigenvalue weighted by atomic mass is 10.1. The van der Waals surface area contributed by atoms with E-state index in [4.69, 9.17) is 9.84 Å². The monoisotopic (exact) mass is 309 g/mol. The molecule has 0 aliphatic carbocycles. The Hall–Kier alpha value is -1.70. The van der Waals surface area contributed by atoms with Gasteiger partial charge in [0.05, 0.1) is 17.6 Å². The summed E-state index contributed by atoms with van der Waals surface area (Å²) in [5.74, 6) is 0. The number of anilines is 1. The van der Waals surface area contributed by atoms with Crippen LogP contribution in [-0.2, 0) is 11.3 Å². The Bertz CT molecular complexity index is 502. The Balaban J connectivity index is 1.87. The fourth-order valence-corrected chi connectivity index (χ4v) is 2.70. The SMILES string of the molecule is COC1CCN(CCNc2cc(CO)ccc2[N+](=O)[O-])CC1. The summed E-state index contributed by atoms with van der Waals surface area (Å²) < 4.78 is 5.34. The van der Waals surface area contributed by atoms with Crippen molar-refractivity contribution in [1.29, 1.82) is 0 Å². The van der Waals surface area contributed by atoms with E-state index in [1.807, 2.05) is 0 Å². The molecule has 0 aromatic heterocycles. The summed E-state index contributed by atoms with van der Waals surface area (Å²) in [5.41, 5.74) is 1.16. The Morgan fingerprint density at radius 1 is 1.45 bits per heavy atom. The maximum absolute atomic E-state index is 11.0. The molecule has 0 unspecified atom stereocenters. The van der Waals surface area contributed by atoms with E-state index in [9.17, 15) is 10.1 Å². The first-order valence-corrected chi connectivity index (χ1v) is 7.51. The molecule has 0 saturated carbocycles. The number of nitrogens with one attached hydrogen (secondary N) is 1. The van der Waals surface area contributed by atoms with Crippen molar-refractivity contribution in [1.82, 2.24) is 4.90 Å². The lowest BCUT2D eigenvalue weighted by Gasteiger charge is -2.31. The van der Waals surface area contributed by atoms with Gasteiger partial charge in [0.1, 0.15) is 5.69 Å². The molecular weight excluding hydrogens is 286 g/mol. The van der Waals surface area contributed by atoms with E-state index in [0.717, 1.165) is 32.5 Å². The summed E-state index contributed by atoms with van der Waals surface area (Å²) in [5, 5.41) is 23.3. The molecule has 7 heteroatoms. The highest BCUT2D eigenvalue weighted by atomic mass is 16.6. The van der Waals surface area contributed by atoms with Gasteiger partial charge in [-0.25, -0.2) is 0 Å². The van der Waals surface area contributed by atoms with E-state index in [1.165, 1.54) is 6.07 Å². The summed E-state index contributed by atoms with van der Waals surface area (Å²) in [6, 6.07) is 4.63. The van der Waals surface area contributed by atoms with Crippen molar-refractivity contribution in [2.75, 3.05) is 38.6 Å². The number of nitro groups is 1. The molecule has 0 bridgehead atoms. The average Bonchev–Trinajstić information content (AvgIpc) is 2.55. The number of methoxy groups -OCH3 is 1. The molecule has 1 aliphatic heterocycles. The van der Waals surface area contributed by atoms with Gasteiger partial charge < -0.3 is 20.1 Å². The van der Waals surface area contributed by atoms with Crippen molar-refractivity contribution in [2.45, 2.75) is 25.6 Å². The van der Waals surface area contributed by atoms with Crippen LogP contribution in [0.25, 0.3) is 0 Å². The standard InChI is InChI=1S/C15H23N3O4/c1-22-13-4-7-17(8-5-13)9-6-16-14-10-12(11-19)2-3-15(14)18(20)21/h2-3,10,13,16,19H,4-9,11H2,1H3. The molecule has 1 aromatic carbocycles. The highest BCUT2D eigenvalue weighted by Crippen LogP contribution is 2.25. The van der Waals surface area contributed by atoms with Gasteiger partial charge in [0.15, 0.2) is 0 Å². The predicted octanol–water partition coefficient (Wildman–Crippen LogP) is 1.61. The molecule has 2 N–H and O–H groups in total. The van der Waals surface area contributed by atoms with Gasteiger partial charge in [0.2, 0.25) is 0 Å². The summed E-state index contributed by atoms with van der Waals surface area (Å²) >= 11 is 0. The second-order valence-electron chi connectivity index (χ2n) is 5.47. The molecule has 1 heterocycles. The van der Waals surface area contributed by atoms with Crippen LogP contribution in [0.5, 0.6) is 0 Å². The third-order valence-corrected chi connectivity index (χ3v) is 4.05. The normalized spacial score (nSPS) is 16.6. The van der Waals surface area contributed by atoms with Crippen molar-refractivity contribution in [3.8, 4) is 0 Å². The summed E-state index contributed by atoms with van der Waals surface area (Å²) in [6.45, 7) is 3.30. The van der Waals surface area contributed by atoms with Crippen LogP contribution in [0.3, 0.4) is 0 Å². The Labute approximate surface area is 130 Å². The maximum Gasteiger partial charge on any atom is 0.292 e. The first-order valence-electron chi connectivity index (χ1n) is 7.51. The molecule has 1 aromatic rings. The lowest BCUT2D eigenvalue weighted by Crippen LogP contribution is -2.39. The van der Waals surface area contributed by atoms with E-state index in [-0.39, 0.29) is 12.3 Å². The Kier molecular flexibility index (Phi) is 6.11. The van der Waals surface area contributed by atoms with Crippen molar-refractivity contribution >= 4 is 11.4 Å². The third kappa shape index (κ3) is 4.40. The highest BCUT2D eigenvalue weighted by Gasteiger charge is 2.19. The average molecular weight is 309 g/mol. The number of likely N-dealkylation sites (tertiary alicyclic amines) is 1. The topological polar surface area (TPSA) is 87.9 Å². The molecule has 0 spiro atoms. The minimum absolute atomic E-state index is 0.0373. The summed E-state index contributed by atoms with van der Waals surface area (Å²) in [6.07, 6.45) is 2.40. The number of ether oxygens (including phenoxy) is 1. The largest absolute Gasteiger partial charge is 0.392 e. The Morgan fingerprint density at radius 2 is 2.18 bits per heavy atom. The van der Waals surface area contributed by atoms with E-state index in [2.05, 4.69) is 10.2 Å². The molecular formula is C15H23N3O4. The minimum atomic E-state index is -0.409. The van der Waals surface area contributed by atoms with Crippen LogP contribution in [-0.4, -0.2) is 54.3 Å². The quantitative estimate of drug-likeness (QED) is 0.588. The van der Waals surface area contributed by atoms with Crippen molar-refractivity contribution < 1.29 is 14.8 Å². The first kappa shape index (κ1) is 16.7. The maximum atomic E-state index is 11.0. The van der Waals surface area contributed by atoms with E-state index >= 15 is 0 Å². The molecule has 1 fully saturated rings. The third-order valence-electron chi connectivity index (χ3n) is 4.05. The first-order chi connectivity index (χ1) is 10.6. The van der Waals surface area contributed by atoms with Crippen LogP contribution in [0.15, 0.2) is 18.2 Å². The van der Waals surface area contributed by atoms with Crippen LogP contribution in [0.2, 0.25) is 0 Å². The second kappa shape index (κ2) is 8.07. The number of piperidine rings is 1. The highest BCUT2D eigenvalue weighted by molar-refractivity contribution is 5.62. The fraction of sp³-hybridized carbons (Fsp3) is 0.600. The van der Waals surface area contributed by atoms with E-state index in [1.54, 1.807) is 19.2 Å². The number of aliphatic hydroxyl groups excluding tert-OH is 1. The van der Waals surface area contributed by atoms with Gasteiger partial charge in [0.25, 0.3) is 5.69 Å². The molecule has 1 aliphatic rings. The zero-order chi connectivity index (χ0) is 15.9. The summed E-state index contributed by atoms with van der Waals surface area (Å²) in [4.78, 5) is 12.9. The number of nitrogens with zero attached hydrogens (tertiary/aromatic N) is 2. The van der Waals surface area contributed by atoms with E-state index < -0.39 is 4.92 Å². The lowest BCUT2D eigenvalue weighted by molar-refractivity contribution is -0.384. The van der Waals surface area contributed by atoms with Crippen molar-refractivity contribution in [3.63, 3.8) is 0 Å². The molecule has 22 heavy (non-hydrogen) atoms. The number of hydrogen-bond donors (Lipinski definition) is 2. The summed E-state index contributed by atoms with van der Waals surface area (Å²) in [7, 11) is 1.75. The van der Waals surface area contributed by atoms with Gasteiger partial charge in [-0.2, -0.15) is 0 Å². The smallest absolute Gasteiger partial charge is 0.292 e. The zero-order valence-electron chi connectivity index (χ0n) is 12.8. The van der Waals surface area contributed by atoms with Crippen LogP contribution in [0.1, 0.15) is 18.4 Å². The molecule has 2 rings (SSSR count). The Morgan fingerprint density at radius 3 is 2.77 bits per heavy atom. The van der Waals surface area contributed by atoms with Crippen LogP contribution < -0.4 is 5.32 Å². The van der Waals surface area contributed by atoms with Gasteiger partial charge in [-0.3, -0.25) is 10.1 Å². The van der Waals surface area contributed by atoms with Gasteiger partial charge in [-0.05, 0) is 30.5 Å². The number of hydrogen-bond acceptors (Lipinski definition) is 6. The van der Waals surface area contributed by atoms with Gasteiger partial charge >= 0.3 is 0 Å². The van der Waals surface area contributed by atoms with Gasteiger partial charge in [-0.1, -0.05) is 0 Å². The zero-order valence-corrected chi connectivity index (χ0v) is 12.8. The molecule has 0 amide bonds. The van der Waals surface area contributed by atoms with Gasteiger partial charge in [0, 0.05) is 39.4 Å².